The number of hydroxylamine groups is 2. The second kappa shape index (κ2) is 6.00. The Hall–Kier alpha value is -1.67. The van der Waals surface area contributed by atoms with Gasteiger partial charge in [-0.3, -0.25) is 15.1 Å². The lowest BCUT2D eigenvalue weighted by molar-refractivity contribution is -0.0555. The van der Waals surface area contributed by atoms with Gasteiger partial charge in [0.05, 0.1) is 22.7 Å². The number of methoxy groups -OCH3 is 1. The molecule has 0 bridgehead atoms. The van der Waals surface area contributed by atoms with E-state index in [1.54, 1.807) is 33.2 Å². The Morgan fingerprint density at radius 3 is 2.88 bits per heavy atom. The van der Waals surface area contributed by atoms with Gasteiger partial charge in [0.2, 0.25) is 0 Å². The molecule has 0 radical (unpaired) electrons. The van der Waals surface area contributed by atoms with E-state index in [9.17, 15) is 10.3 Å². The van der Waals surface area contributed by atoms with Crippen LogP contribution in [0, 0.1) is 0 Å². The molecule has 0 saturated carbocycles. The minimum Gasteiger partial charge on any atom is -0.397 e. The molecule has 3 rings (SSSR count). The van der Waals surface area contributed by atoms with Gasteiger partial charge in [0.25, 0.3) is 0 Å². The first-order valence-corrected chi connectivity index (χ1v) is 8.19. The molecule has 1 spiro atoms. The number of nitrogens with two attached hydrogens (primary N) is 1. The highest BCUT2D eigenvalue weighted by molar-refractivity contribution is 6.11. The van der Waals surface area contributed by atoms with Crippen LogP contribution in [-0.2, 0) is 4.74 Å². The first-order chi connectivity index (χ1) is 11.3. The third-order valence-corrected chi connectivity index (χ3v) is 4.68. The van der Waals surface area contributed by atoms with E-state index in [-0.39, 0.29) is 6.17 Å². The summed E-state index contributed by atoms with van der Waals surface area (Å²) in [6.07, 6.45) is 8.30. The Kier molecular flexibility index (Phi) is 4.29. The molecule has 0 aromatic heterocycles. The Morgan fingerprint density at radius 1 is 1.46 bits per heavy atom. The van der Waals surface area contributed by atoms with Gasteiger partial charge in [0, 0.05) is 32.9 Å². The molecule has 2 unspecified atom stereocenters. The maximum absolute atomic E-state index is 10.4. The molecule has 2 atom stereocenters. The molecule has 0 fully saturated rings. The molecule has 24 heavy (non-hydrogen) atoms. The smallest absolute Gasteiger partial charge is 0.114 e. The summed E-state index contributed by atoms with van der Waals surface area (Å²) in [5.74, 6) is 0. The largest absolute Gasteiger partial charge is 0.397 e. The average Bonchev–Trinajstić information content (AvgIpc) is 2.79. The van der Waals surface area contributed by atoms with Crippen LogP contribution in [0.5, 0.6) is 0 Å². The van der Waals surface area contributed by atoms with E-state index in [1.807, 2.05) is 12.2 Å². The monoisotopic (exact) mass is 334 g/mol. The number of allylic oxidation sites excluding steroid dienone is 2. The van der Waals surface area contributed by atoms with Gasteiger partial charge in [0.1, 0.15) is 11.7 Å². The Labute approximate surface area is 142 Å². The maximum Gasteiger partial charge on any atom is 0.114 e. The van der Waals surface area contributed by atoms with Crippen molar-refractivity contribution in [2.45, 2.75) is 44.0 Å². The Balaban J connectivity index is 2.08. The number of nitrogens with zero attached hydrogens (tertiary/aromatic N) is 3. The fourth-order valence-corrected chi connectivity index (χ4v) is 3.77. The molecule has 4 N–H and O–H groups in total. The molecular weight excluding hydrogens is 308 g/mol. The predicted molar refractivity (Wildman–Crippen MR) is 91.2 cm³/mol. The minimum absolute atomic E-state index is 0.167. The third kappa shape index (κ3) is 2.67. The lowest BCUT2D eigenvalue weighted by Crippen LogP contribution is -2.61. The molecule has 0 aromatic carbocycles. The summed E-state index contributed by atoms with van der Waals surface area (Å²) in [7, 11) is 1.66. The van der Waals surface area contributed by atoms with Crippen molar-refractivity contribution >= 4 is 5.71 Å². The van der Waals surface area contributed by atoms with E-state index in [4.69, 9.17) is 15.5 Å². The number of hydrogen-bond acceptors (Lipinski definition) is 7. The highest BCUT2D eigenvalue weighted by Crippen LogP contribution is 2.45. The molecule has 0 amide bonds. The molecule has 7 heteroatoms. The van der Waals surface area contributed by atoms with Crippen molar-refractivity contribution in [1.82, 2.24) is 9.96 Å². The van der Waals surface area contributed by atoms with Gasteiger partial charge in [-0.05, 0) is 32.4 Å². The van der Waals surface area contributed by atoms with E-state index in [0.717, 1.165) is 10.8 Å². The highest BCUT2D eigenvalue weighted by Gasteiger charge is 2.56. The lowest BCUT2D eigenvalue weighted by atomic mass is 9.78. The van der Waals surface area contributed by atoms with Crippen molar-refractivity contribution in [2.75, 3.05) is 20.3 Å². The predicted octanol–water partition coefficient (Wildman–Crippen LogP) is 0.964. The molecule has 0 aromatic rings. The zero-order valence-electron chi connectivity index (χ0n) is 14.4. The molecule has 0 saturated heterocycles. The van der Waals surface area contributed by atoms with E-state index in [1.165, 1.54) is 0 Å². The molecule has 3 aliphatic rings. The van der Waals surface area contributed by atoms with Crippen LogP contribution in [0.15, 0.2) is 40.8 Å². The van der Waals surface area contributed by atoms with Crippen molar-refractivity contribution in [3.8, 4) is 0 Å². The van der Waals surface area contributed by atoms with Crippen molar-refractivity contribution in [2.24, 2.45) is 10.7 Å². The third-order valence-electron chi connectivity index (χ3n) is 4.68. The highest BCUT2D eigenvalue weighted by atomic mass is 16.5. The molecular formula is C17H26N4O3. The number of β-amino-alcohol motifs (C(OH)–C–C–N with tert-alkyl or cyclic N) is 1. The van der Waals surface area contributed by atoms with Crippen LogP contribution in [0.1, 0.15) is 26.7 Å². The van der Waals surface area contributed by atoms with Gasteiger partial charge in [-0.1, -0.05) is 6.08 Å². The van der Waals surface area contributed by atoms with Gasteiger partial charge in [-0.2, -0.15) is 0 Å². The zero-order chi connectivity index (χ0) is 17.5. The van der Waals surface area contributed by atoms with Gasteiger partial charge in [-0.15, -0.1) is 0 Å². The van der Waals surface area contributed by atoms with Gasteiger partial charge >= 0.3 is 0 Å². The lowest BCUT2D eigenvalue weighted by Gasteiger charge is -2.48. The molecule has 2 heterocycles. The topological polar surface area (TPSA) is 94.5 Å². The zero-order valence-corrected chi connectivity index (χ0v) is 14.4. The minimum atomic E-state index is -0.909. The van der Waals surface area contributed by atoms with Crippen LogP contribution in [0.3, 0.4) is 0 Å². The van der Waals surface area contributed by atoms with Crippen LogP contribution in [-0.4, -0.2) is 63.6 Å². The van der Waals surface area contributed by atoms with E-state index in [2.05, 4.69) is 4.90 Å². The van der Waals surface area contributed by atoms with E-state index >= 15 is 0 Å². The number of ether oxygens (including phenoxy) is 1. The summed E-state index contributed by atoms with van der Waals surface area (Å²) in [5.41, 5.74) is 6.73. The summed E-state index contributed by atoms with van der Waals surface area (Å²) < 4.78 is 5.22. The summed E-state index contributed by atoms with van der Waals surface area (Å²) in [6.45, 7) is 4.51. The van der Waals surface area contributed by atoms with Crippen molar-refractivity contribution < 1.29 is 15.1 Å². The van der Waals surface area contributed by atoms with Crippen LogP contribution in [0.4, 0.5) is 0 Å². The summed E-state index contributed by atoms with van der Waals surface area (Å²) >= 11 is 0. The summed E-state index contributed by atoms with van der Waals surface area (Å²) in [5, 5.41) is 21.9. The molecule has 132 valence electrons. The second-order valence-corrected chi connectivity index (χ2v) is 7.15. The fourth-order valence-electron chi connectivity index (χ4n) is 3.77. The summed E-state index contributed by atoms with van der Waals surface area (Å²) in [4.78, 5) is 6.99. The number of aliphatic imine (C=N–C) groups is 1. The van der Waals surface area contributed by atoms with Gasteiger partial charge in [0.15, 0.2) is 0 Å². The van der Waals surface area contributed by atoms with Crippen LogP contribution in [0.2, 0.25) is 0 Å². The normalized spacial score (nSPS) is 29.8. The number of hydrogen-bond donors (Lipinski definition) is 3. The summed E-state index contributed by atoms with van der Waals surface area (Å²) in [6, 6.07) is 0. The van der Waals surface area contributed by atoms with E-state index in [0.29, 0.717) is 37.4 Å². The number of aliphatic hydroxyl groups is 1. The second-order valence-electron chi connectivity index (χ2n) is 7.15. The quantitative estimate of drug-likeness (QED) is 0.693. The molecule has 2 aliphatic heterocycles. The Morgan fingerprint density at radius 2 is 2.21 bits per heavy atom. The van der Waals surface area contributed by atoms with Crippen LogP contribution < -0.4 is 5.73 Å². The first kappa shape index (κ1) is 17.2. The van der Waals surface area contributed by atoms with Gasteiger partial charge in [-0.25, -0.2) is 5.06 Å². The van der Waals surface area contributed by atoms with Crippen molar-refractivity contribution in [3.05, 3.63) is 35.8 Å². The number of rotatable bonds is 5. The van der Waals surface area contributed by atoms with Crippen molar-refractivity contribution in [1.29, 1.82) is 0 Å². The van der Waals surface area contributed by atoms with E-state index < -0.39 is 11.1 Å². The van der Waals surface area contributed by atoms with Crippen LogP contribution >= 0.6 is 0 Å². The van der Waals surface area contributed by atoms with Crippen LogP contribution in [0.25, 0.3) is 0 Å². The van der Waals surface area contributed by atoms with Gasteiger partial charge < -0.3 is 15.6 Å². The molecule has 1 aliphatic carbocycles. The Bertz CT molecular complexity index is 632. The SMILES string of the molecule is COCCC1N=C2C(N)=CC=C3N(O)C=CCC32N1CC(C)(C)O. The van der Waals surface area contributed by atoms with Crippen molar-refractivity contribution in [3.63, 3.8) is 0 Å². The first-order valence-electron chi connectivity index (χ1n) is 8.19. The standard InChI is InChI=1S/C17H26N4O3/c1-16(2,22)11-20-14(7-10-24-3)19-15-12(18)5-6-13-17(15,20)8-4-9-21(13)23/h4-6,9,14,22-23H,7-8,10-11,18H2,1-3H3. The maximum atomic E-state index is 10.4. The average molecular weight is 334 g/mol. The molecule has 7 nitrogen and oxygen atoms in total. The fraction of sp³-hybridized carbons (Fsp3) is 0.588.